The molecule has 2 nitrogen and oxygen atoms in total. The number of hydrogen-bond donors (Lipinski definition) is 2. The predicted octanol–water partition coefficient (Wildman–Crippen LogP) is 1.85. The van der Waals surface area contributed by atoms with Gasteiger partial charge in [0.25, 0.3) is 0 Å². The van der Waals surface area contributed by atoms with E-state index in [4.69, 9.17) is 11.5 Å². The third-order valence-electron chi connectivity index (χ3n) is 2.01. The van der Waals surface area contributed by atoms with E-state index in [1.54, 1.807) is 0 Å². The lowest BCUT2D eigenvalue weighted by Gasteiger charge is -2.16. The first kappa shape index (κ1) is 11.9. The van der Waals surface area contributed by atoms with E-state index < -0.39 is 18.0 Å². The number of nitrogens with two attached hydrogens (primary N) is 2. The Morgan fingerprint density at radius 3 is 2.27 bits per heavy atom. The Kier molecular flexibility index (Phi) is 3.31. The maximum Gasteiger partial charge on any atom is 0.407 e. The summed E-state index contributed by atoms with van der Waals surface area (Å²) in [6, 6.07) is 0.930. The van der Waals surface area contributed by atoms with E-state index in [1.165, 1.54) is 6.07 Å². The van der Waals surface area contributed by atoms with E-state index in [2.05, 4.69) is 0 Å². The summed E-state index contributed by atoms with van der Waals surface area (Å²) in [5, 5.41) is 0. The van der Waals surface area contributed by atoms with Crippen LogP contribution in [0.15, 0.2) is 18.2 Å². The molecular weight excluding hydrogens is 212 g/mol. The first-order valence-corrected chi connectivity index (χ1v) is 4.17. The first-order valence-electron chi connectivity index (χ1n) is 4.17. The summed E-state index contributed by atoms with van der Waals surface area (Å²) >= 11 is 0. The van der Waals surface area contributed by atoms with Gasteiger partial charge in [0.2, 0.25) is 0 Å². The van der Waals surface area contributed by atoms with Crippen molar-refractivity contribution in [3.63, 3.8) is 0 Å². The number of alkyl halides is 3. The van der Waals surface area contributed by atoms with Gasteiger partial charge in [-0.1, -0.05) is 12.1 Å². The fourth-order valence-corrected chi connectivity index (χ4v) is 1.11. The molecule has 15 heavy (non-hydrogen) atoms. The number of rotatable bonds is 2. The van der Waals surface area contributed by atoms with Gasteiger partial charge in [0.05, 0.1) is 0 Å². The van der Waals surface area contributed by atoms with Crippen LogP contribution in [-0.4, -0.2) is 6.18 Å². The minimum atomic E-state index is -4.57. The Hall–Kier alpha value is -1.14. The van der Waals surface area contributed by atoms with Gasteiger partial charge in [0.1, 0.15) is 11.9 Å². The highest BCUT2D eigenvalue weighted by molar-refractivity contribution is 5.27. The molecular formula is C9H10F4N2. The van der Waals surface area contributed by atoms with Gasteiger partial charge in [-0.2, -0.15) is 13.2 Å². The fourth-order valence-electron chi connectivity index (χ4n) is 1.11. The molecule has 1 atom stereocenters. The molecule has 0 aliphatic carbocycles. The molecule has 1 aromatic rings. The second kappa shape index (κ2) is 4.16. The van der Waals surface area contributed by atoms with Crippen LogP contribution in [-0.2, 0) is 6.54 Å². The topological polar surface area (TPSA) is 52.0 Å². The van der Waals surface area contributed by atoms with Gasteiger partial charge < -0.3 is 11.5 Å². The van der Waals surface area contributed by atoms with Crippen molar-refractivity contribution in [2.45, 2.75) is 18.8 Å². The Morgan fingerprint density at radius 1 is 1.27 bits per heavy atom. The molecule has 0 saturated heterocycles. The molecule has 84 valence electrons. The van der Waals surface area contributed by atoms with Crippen LogP contribution in [0.1, 0.15) is 17.2 Å². The van der Waals surface area contributed by atoms with Crippen molar-refractivity contribution in [2.75, 3.05) is 0 Å². The minimum absolute atomic E-state index is 0.0621. The van der Waals surface area contributed by atoms with E-state index in [1.807, 2.05) is 0 Å². The third kappa shape index (κ3) is 2.66. The number of halogens is 4. The van der Waals surface area contributed by atoms with E-state index in [-0.39, 0.29) is 17.7 Å². The Morgan fingerprint density at radius 2 is 1.87 bits per heavy atom. The highest BCUT2D eigenvalue weighted by atomic mass is 19.4. The Labute approximate surface area is 83.9 Å². The number of benzene rings is 1. The summed E-state index contributed by atoms with van der Waals surface area (Å²) in [5.74, 6) is -0.769. The van der Waals surface area contributed by atoms with Gasteiger partial charge in [-0.15, -0.1) is 0 Å². The van der Waals surface area contributed by atoms with Crippen LogP contribution in [0.4, 0.5) is 17.6 Å². The van der Waals surface area contributed by atoms with Crippen LogP contribution in [0.5, 0.6) is 0 Å². The summed E-state index contributed by atoms with van der Waals surface area (Å²) in [4.78, 5) is 0. The molecule has 1 aromatic carbocycles. The molecule has 0 aromatic heterocycles. The zero-order valence-electron chi connectivity index (χ0n) is 7.68. The maximum absolute atomic E-state index is 13.1. The van der Waals surface area contributed by atoms with Crippen molar-refractivity contribution in [1.82, 2.24) is 0 Å². The molecule has 0 aliphatic rings. The molecule has 0 amide bonds. The molecule has 0 aliphatic heterocycles. The molecule has 0 bridgehead atoms. The van der Waals surface area contributed by atoms with Crippen LogP contribution in [0.2, 0.25) is 0 Å². The van der Waals surface area contributed by atoms with Crippen LogP contribution in [0.3, 0.4) is 0 Å². The molecule has 0 unspecified atom stereocenters. The summed E-state index contributed by atoms with van der Waals surface area (Å²) in [6.45, 7) is -0.0621. The molecule has 0 spiro atoms. The van der Waals surface area contributed by atoms with E-state index in [0.29, 0.717) is 0 Å². The smallest absolute Gasteiger partial charge is 0.326 e. The lowest BCUT2D eigenvalue weighted by molar-refractivity contribution is -0.149. The zero-order valence-corrected chi connectivity index (χ0v) is 7.68. The van der Waals surface area contributed by atoms with Gasteiger partial charge in [-0.05, 0) is 11.6 Å². The molecule has 0 heterocycles. The molecule has 1 rings (SSSR count). The van der Waals surface area contributed by atoms with Crippen molar-refractivity contribution in [3.8, 4) is 0 Å². The third-order valence-corrected chi connectivity index (χ3v) is 2.01. The van der Waals surface area contributed by atoms with Gasteiger partial charge in [0, 0.05) is 12.1 Å². The molecule has 0 radical (unpaired) electrons. The first-order chi connectivity index (χ1) is 6.86. The average molecular weight is 222 g/mol. The highest BCUT2D eigenvalue weighted by Gasteiger charge is 2.37. The van der Waals surface area contributed by atoms with Crippen LogP contribution in [0, 0.1) is 5.82 Å². The molecule has 0 saturated carbocycles. The van der Waals surface area contributed by atoms with Crippen molar-refractivity contribution >= 4 is 0 Å². The quantitative estimate of drug-likeness (QED) is 0.750. The maximum atomic E-state index is 13.1. The van der Waals surface area contributed by atoms with E-state index >= 15 is 0 Å². The monoisotopic (exact) mass is 222 g/mol. The number of hydrogen-bond acceptors (Lipinski definition) is 2. The van der Waals surface area contributed by atoms with Crippen LogP contribution >= 0.6 is 0 Å². The van der Waals surface area contributed by atoms with Crippen LogP contribution < -0.4 is 11.5 Å². The van der Waals surface area contributed by atoms with Crippen molar-refractivity contribution in [3.05, 3.63) is 35.1 Å². The summed E-state index contributed by atoms with van der Waals surface area (Å²) in [5.41, 5.74) is 9.93. The normalized spacial score (nSPS) is 14.0. The molecule has 6 heteroatoms. The average Bonchev–Trinajstić information content (AvgIpc) is 2.15. The summed E-state index contributed by atoms with van der Waals surface area (Å²) < 4.78 is 49.6. The summed E-state index contributed by atoms with van der Waals surface area (Å²) in [7, 11) is 0. The van der Waals surface area contributed by atoms with Crippen LogP contribution in [0.25, 0.3) is 0 Å². The second-order valence-electron chi connectivity index (χ2n) is 3.07. The van der Waals surface area contributed by atoms with Gasteiger partial charge in [0.15, 0.2) is 0 Å². The standard InChI is InChI=1S/C9H10F4N2/c10-7-3-5(1-2-6(7)4-14)8(15)9(11,12)13/h1-3,8H,4,14-15H2/t8-/m0/s1. The Bertz CT molecular complexity index is 348. The fraction of sp³-hybridized carbons (Fsp3) is 0.333. The summed E-state index contributed by atoms with van der Waals surface area (Å²) in [6.07, 6.45) is -4.57. The van der Waals surface area contributed by atoms with E-state index in [9.17, 15) is 17.6 Å². The minimum Gasteiger partial charge on any atom is -0.326 e. The van der Waals surface area contributed by atoms with Crippen molar-refractivity contribution in [2.24, 2.45) is 11.5 Å². The van der Waals surface area contributed by atoms with Gasteiger partial charge in [-0.3, -0.25) is 0 Å². The second-order valence-corrected chi connectivity index (χ2v) is 3.07. The Balaban J connectivity index is 3.02. The lowest BCUT2D eigenvalue weighted by Crippen LogP contribution is -2.28. The predicted molar refractivity (Wildman–Crippen MR) is 47.3 cm³/mol. The lowest BCUT2D eigenvalue weighted by atomic mass is 10.0. The SMILES string of the molecule is NCc1ccc([C@H](N)C(F)(F)F)cc1F. The molecule has 4 N–H and O–H groups in total. The van der Waals surface area contributed by atoms with Crippen molar-refractivity contribution < 1.29 is 17.6 Å². The van der Waals surface area contributed by atoms with E-state index in [0.717, 1.165) is 12.1 Å². The van der Waals surface area contributed by atoms with Gasteiger partial charge >= 0.3 is 6.18 Å². The highest BCUT2D eigenvalue weighted by Crippen LogP contribution is 2.30. The van der Waals surface area contributed by atoms with Gasteiger partial charge in [-0.25, -0.2) is 4.39 Å². The molecule has 0 fully saturated rings. The zero-order chi connectivity index (χ0) is 11.6. The largest absolute Gasteiger partial charge is 0.407 e. The van der Waals surface area contributed by atoms with Crippen molar-refractivity contribution in [1.29, 1.82) is 0 Å².